The number of hydrogen-bond donors (Lipinski definition) is 3. The van der Waals surface area contributed by atoms with Gasteiger partial charge in [-0.2, -0.15) is 0 Å². The summed E-state index contributed by atoms with van der Waals surface area (Å²) in [6.07, 6.45) is -0.643. The molecule has 2 amide bonds. The summed E-state index contributed by atoms with van der Waals surface area (Å²) in [6, 6.07) is 3.71. The van der Waals surface area contributed by atoms with Crippen LogP contribution in [0.1, 0.15) is 11.3 Å². The van der Waals surface area contributed by atoms with E-state index >= 15 is 0 Å². The number of aliphatic carboxylic acids is 1. The SMILES string of the molecule is CN(CCc1cccs1)C(=O)NCC[C@H](O)C(=O)O. The summed E-state index contributed by atoms with van der Waals surface area (Å²) in [7, 11) is 1.68. The Morgan fingerprint density at radius 2 is 2.26 bits per heavy atom. The molecule has 1 rings (SSSR count). The van der Waals surface area contributed by atoms with Gasteiger partial charge in [0.25, 0.3) is 0 Å². The van der Waals surface area contributed by atoms with Crippen LogP contribution in [0, 0.1) is 0 Å². The third kappa shape index (κ3) is 5.71. The van der Waals surface area contributed by atoms with E-state index in [2.05, 4.69) is 5.32 Å². The molecule has 0 bridgehead atoms. The largest absolute Gasteiger partial charge is 0.479 e. The maximum atomic E-state index is 11.6. The van der Waals surface area contributed by atoms with Crippen molar-refractivity contribution in [2.75, 3.05) is 20.1 Å². The Bertz CT molecular complexity index is 408. The third-order valence-electron chi connectivity index (χ3n) is 2.60. The number of aliphatic hydroxyl groups excluding tert-OH is 1. The van der Waals surface area contributed by atoms with Crippen molar-refractivity contribution in [1.29, 1.82) is 0 Å². The highest BCUT2D eigenvalue weighted by molar-refractivity contribution is 7.09. The Kier molecular flexibility index (Phi) is 6.31. The molecule has 0 saturated heterocycles. The van der Waals surface area contributed by atoms with Crippen LogP contribution in [-0.4, -0.2) is 53.4 Å². The highest BCUT2D eigenvalue weighted by Crippen LogP contribution is 2.09. The predicted molar refractivity (Wildman–Crippen MR) is 72.3 cm³/mol. The van der Waals surface area contributed by atoms with Crippen molar-refractivity contribution < 1.29 is 19.8 Å². The first-order valence-electron chi connectivity index (χ1n) is 5.93. The van der Waals surface area contributed by atoms with Crippen LogP contribution in [0.15, 0.2) is 17.5 Å². The van der Waals surface area contributed by atoms with E-state index in [0.717, 1.165) is 6.42 Å². The van der Waals surface area contributed by atoms with E-state index in [-0.39, 0.29) is 19.0 Å². The number of carbonyl (C=O) groups is 2. The van der Waals surface area contributed by atoms with E-state index in [0.29, 0.717) is 6.54 Å². The summed E-state index contributed by atoms with van der Waals surface area (Å²) >= 11 is 1.64. The number of carbonyl (C=O) groups excluding carboxylic acids is 1. The number of urea groups is 1. The Balaban J connectivity index is 2.19. The molecule has 0 saturated carbocycles. The third-order valence-corrected chi connectivity index (χ3v) is 3.54. The number of hydrogen-bond acceptors (Lipinski definition) is 4. The van der Waals surface area contributed by atoms with Gasteiger partial charge in [0.2, 0.25) is 0 Å². The average molecular weight is 286 g/mol. The van der Waals surface area contributed by atoms with Gasteiger partial charge in [-0.1, -0.05) is 6.07 Å². The number of rotatable bonds is 7. The van der Waals surface area contributed by atoms with Crippen molar-refractivity contribution in [3.05, 3.63) is 22.4 Å². The van der Waals surface area contributed by atoms with Crippen LogP contribution in [0.25, 0.3) is 0 Å². The van der Waals surface area contributed by atoms with Gasteiger partial charge in [-0.3, -0.25) is 0 Å². The Morgan fingerprint density at radius 3 is 2.84 bits per heavy atom. The van der Waals surface area contributed by atoms with Gasteiger partial charge in [0, 0.05) is 31.4 Å². The molecular formula is C12H18N2O4S. The molecule has 0 fully saturated rings. The first-order chi connectivity index (χ1) is 9.00. The number of nitrogens with one attached hydrogen (secondary N) is 1. The van der Waals surface area contributed by atoms with Gasteiger partial charge in [0.15, 0.2) is 6.10 Å². The normalized spacial score (nSPS) is 11.9. The van der Waals surface area contributed by atoms with Crippen LogP contribution >= 0.6 is 11.3 Å². The Labute approximate surface area is 115 Å². The predicted octanol–water partition coefficient (Wildman–Crippen LogP) is 0.768. The quantitative estimate of drug-likeness (QED) is 0.690. The van der Waals surface area contributed by atoms with Gasteiger partial charge in [0.1, 0.15) is 0 Å². The number of carboxylic acid groups (broad SMARTS) is 1. The molecule has 1 aromatic heterocycles. The lowest BCUT2D eigenvalue weighted by molar-refractivity contribution is -0.146. The van der Waals surface area contributed by atoms with Crippen LogP contribution in [0.3, 0.4) is 0 Å². The number of amides is 2. The standard InChI is InChI=1S/C12H18N2O4S/c1-14(7-5-9-3-2-8-19-9)12(18)13-6-4-10(15)11(16)17/h2-3,8,10,15H,4-7H2,1H3,(H,13,18)(H,16,17)/t10-/m0/s1. The molecule has 0 aromatic carbocycles. The van der Waals surface area contributed by atoms with Gasteiger partial charge in [0.05, 0.1) is 0 Å². The molecule has 7 heteroatoms. The second kappa shape index (κ2) is 7.75. The monoisotopic (exact) mass is 286 g/mol. The summed E-state index contributed by atoms with van der Waals surface area (Å²) in [5.41, 5.74) is 0. The number of likely N-dealkylation sites (N-methyl/N-ethyl adjacent to an activating group) is 1. The minimum Gasteiger partial charge on any atom is -0.479 e. The summed E-state index contributed by atoms with van der Waals surface area (Å²) in [4.78, 5) is 24.8. The van der Waals surface area contributed by atoms with E-state index in [1.165, 1.54) is 9.78 Å². The van der Waals surface area contributed by atoms with Crippen LogP contribution in [0.4, 0.5) is 4.79 Å². The van der Waals surface area contributed by atoms with Gasteiger partial charge in [-0.15, -0.1) is 11.3 Å². The van der Waals surface area contributed by atoms with Crippen LogP contribution < -0.4 is 5.32 Å². The molecule has 0 aliphatic heterocycles. The number of thiophene rings is 1. The summed E-state index contributed by atoms with van der Waals surface area (Å²) < 4.78 is 0. The fourth-order valence-corrected chi connectivity index (χ4v) is 2.11. The minimum atomic E-state index is -1.43. The molecule has 0 aliphatic carbocycles. The van der Waals surface area contributed by atoms with Crippen molar-refractivity contribution in [3.8, 4) is 0 Å². The second-order valence-corrected chi connectivity index (χ2v) is 5.16. The fourth-order valence-electron chi connectivity index (χ4n) is 1.41. The molecule has 1 heterocycles. The zero-order valence-corrected chi connectivity index (χ0v) is 11.5. The first-order valence-corrected chi connectivity index (χ1v) is 6.81. The van der Waals surface area contributed by atoms with Crippen molar-refractivity contribution >= 4 is 23.3 Å². The summed E-state index contributed by atoms with van der Waals surface area (Å²) in [5, 5.41) is 22.1. The summed E-state index contributed by atoms with van der Waals surface area (Å²) in [6.45, 7) is 0.726. The fraction of sp³-hybridized carbons (Fsp3) is 0.500. The van der Waals surface area contributed by atoms with E-state index in [1.807, 2.05) is 17.5 Å². The van der Waals surface area contributed by atoms with E-state index < -0.39 is 12.1 Å². The Hall–Kier alpha value is -1.60. The zero-order chi connectivity index (χ0) is 14.3. The van der Waals surface area contributed by atoms with Crippen LogP contribution in [0.5, 0.6) is 0 Å². The lowest BCUT2D eigenvalue weighted by Crippen LogP contribution is -2.40. The van der Waals surface area contributed by atoms with E-state index in [4.69, 9.17) is 10.2 Å². The van der Waals surface area contributed by atoms with Gasteiger partial charge in [-0.25, -0.2) is 9.59 Å². The maximum Gasteiger partial charge on any atom is 0.332 e. The van der Waals surface area contributed by atoms with Crippen molar-refractivity contribution in [2.24, 2.45) is 0 Å². The molecule has 106 valence electrons. The highest BCUT2D eigenvalue weighted by Gasteiger charge is 2.14. The van der Waals surface area contributed by atoms with E-state index in [1.54, 1.807) is 18.4 Å². The van der Waals surface area contributed by atoms with Crippen molar-refractivity contribution in [1.82, 2.24) is 10.2 Å². The average Bonchev–Trinajstić information content (AvgIpc) is 2.88. The molecule has 0 radical (unpaired) electrons. The lowest BCUT2D eigenvalue weighted by atomic mass is 10.2. The van der Waals surface area contributed by atoms with Gasteiger partial charge in [-0.05, 0) is 17.9 Å². The number of aliphatic hydroxyl groups is 1. The lowest BCUT2D eigenvalue weighted by Gasteiger charge is -2.17. The molecule has 1 aromatic rings. The summed E-state index contributed by atoms with van der Waals surface area (Å²) in [5.74, 6) is -1.28. The smallest absolute Gasteiger partial charge is 0.332 e. The molecule has 0 aliphatic rings. The van der Waals surface area contributed by atoms with Crippen LogP contribution in [-0.2, 0) is 11.2 Å². The topological polar surface area (TPSA) is 89.9 Å². The van der Waals surface area contributed by atoms with Crippen LogP contribution in [0.2, 0.25) is 0 Å². The highest BCUT2D eigenvalue weighted by atomic mass is 32.1. The molecule has 0 spiro atoms. The maximum absolute atomic E-state index is 11.6. The number of nitrogens with zero attached hydrogens (tertiary/aromatic N) is 1. The Morgan fingerprint density at radius 1 is 1.53 bits per heavy atom. The molecule has 0 unspecified atom stereocenters. The molecule has 6 nitrogen and oxygen atoms in total. The minimum absolute atomic E-state index is 0.000161. The van der Waals surface area contributed by atoms with Gasteiger partial charge < -0.3 is 20.4 Å². The van der Waals surface area contributed by atoms with Crippen molar-refractivity contribution in [3.63, 3.8) is 0 Å². The molecule has 3 N–H and O–H groups in total. The zero-order valence-electron chi connectivity index (χ0n) is 10.7. The van der Waals surface area contributed by atoms with Gasteiger partial charge >= 0.3 is 12.0 Å². The second-order valence-electron chi connectivity index (χ2n) is 4.13. The van der Waals surface area contributed by atoms with E-state index in [9.17, 15) is 9.59 Å². The molecular weight excluding hydrogens is 268 g/mol. The first kappa shape index (κ1) is 15.5. The van der Waals surface area contributed by atoms with Crippen molar-refractivity contribution in [2.45, 2.75) is 18.9 Å². The molecule has 1 atom stereocenters. The number of carboxylic acids is 1. The molecule has 19 heavy (non-hydrogen) atoms.